The molecule has 0 aliphatic heterocycles. The lowest BCUT2D eigenvalue weighted by Gasteiger charge is -2.08. The molecule has 8 heteroatoms. The number of aromatic nitrogens is 3. The Morgan fingerprint density at radius 2 is 2.00 bits per heavy atom. The van der Waals surface area contributed by atoms with Crippen LogP contribution in [0.4, 0.5) is 8.78 Å². The third-order valence-corrected chi connectivity index (χ3v) is 3.50. The number of halogens is 2. The molecule has 0 saturated heterocycles. The van der Waals surface area contributed by atoms with Crippen LogP contribution in [0, 0.1) is 11.6 Å². The van der Waals surface area contributed by atoms with E-state index in [1.54, 1.807) is 6.92 Å². The van der Waals surface area contributed by atoms with Gasteiger partial charge >= 0.3 is 5.97 Å². The smallest absolute Gasteiger partial charge is 0.313 e. The van der Waals surface area contributed by atoms with Crippen molar-refractivity contribution in [2.75, 3.05) is 5.75 Å². The Kier molecular flexibility index (Phi) is 4.33. The van der Waals surface area contributed by atoms with Gasteiger partial charge in [0.15, 0.2) is 11.0 Å². The maximum absolute atomic E-state index is 13.8. The molecule has 0 bridgehead atoms. The monoisotopic (exact) mass is 299 g/mol. The Hall–Kier alpha value is -1.96. The van der Waals surface area contributed by atoms with Crippen LogP contribution < -0.4 is 0 Å². The average molecular weight is 299 g/mol. The molecule has 0 spiro atoms. The molecule has 2 aromatic rings. The van der Waals surface area contributed by atoms with Gasteiger partial charge in [0.2, 0.25) is 0 Å². The van der Waals surface area contributed by atoms with Crippen molar-refractivity contribution in [3.63, 3.8) is 0 Å². The fourth-order valence-corrected chi connectivity index (χ4v) is 2.43. The lowest BCUT2D eigenvalue weighted by molar-refractivity contribution is -0.133. The molecule has 0 radical (unpaired) electrons. The number of benzene rings is 1. The maximum Gasteiger partial charge on any atom is 0.313 e. The van der Waals surface area contributed by atoms with E-state index in [9.17, 15) is 13.6 Å². The van der Waals surface area contributed by atoms with Crippen molar-refractivity contribution in [1.29, 1.82) is 0 Å². The molecule has 0 unspecified atom stereocenters. The highest BCUT2D eigenvalue weighted by Gasteiger charge is 2.20. The topological polar surface area (TPSA) is 68.0 Å². The maximum atomic E-state index is 13.8. The van der Waals surface area contributed by atoms with Gasteiger partial charge in [0.1, 0.15) is 11.6 Å². The van der Waals surface area contributed by atoms with Crippen LogP contribution >= 0.6 is 11.8 Å². The van der Waals surface area contributed by atoms with Crippen LogP contribution in [0.1, 0.15) is 6.92 Å². The van der Waals surface area contributed by atoms with Gasteiger partial charge < -0.3 is 9.67 Å². The first kappa shape index (κ1) is 14.4. The number of carboxylic acids is 1. The van der Waals surface area contributed by atoms with Gasteiger partial charge in [0.25, 0.3) is 0 Å². The van der Waals surface area contributed by atoms with Gasteiger partial charge in [-0.2, -0.15) is 0 Å². The standard InChI is InChI=1S/C12H11F2N3O2S/c1-2-17-11(10-7(13)4-3-5-8(10)14)15-16-12(17)20-6-9(18)19/h3-5H,2,6H2,1H3,(H,18,19). The second-order valence-corrected chi connectivity index (χ2v) is 4.77. The number of carbonyl (C=O) groups is 1. The highest BCUT2D eigenvalue weighted by atomic mass is 32.2. The van der Waals surface area contributed by atoms with Crippen molar-refractivity contribution in [3.05, 3.63) is 29.8 Å². The predicted molar refractivity (Wildman–Crippen MR) is 69.4 cm³/mol. The Balaban J connectivity index is 2.45. The zero-order chi connectivity index (χ0) is 14.7. The number of thioether (sulfide) groups is 1. The predicted octanol–water partition coefficient (Wildman–Crippen LogP) is 2.42. The number of nitrogens with zero attached hydrogens (tertiary/aromatic N) is 3. The summed E-state index contributed by atoms with van der Waals surface area (Å²) in [6.07, 6.45) is 0. The lowest BCUT2D eigenvalue weighted by Crippen LogP contribution is -2.04. The molecular formula is C12H11F2N3O2S. The van der Waals surface area contributed by atoms with E-state index >= 15 is 0 Å². The first-order chi connectivity index (χ1) is 9.54. The molecule has 1 aromatic carbocycles. The van der Waals surface area contributed by atoms with Gasteiger partial charge in [-0.05, 0) is 19.1 Å². The summed E-state index contributed by atoms with van der Waals surface area (Å²) < 4.78 is 29.0. The van der Waals surface area contributed by atoms with Gasteiger partial charge in [-0.3, -0.25) is 4.79 Å². The Bertz CT molecular complexity index is 625. The fraction of sp³-hybridized carbons (Fsp3) is 0.250. The summed E-state index contributed by atoms with van der Waals surface area (Å²) in [6.45, 7) is 2.13. The molecule has 5 nitrogen and oxygen atoms in total. The molecule has 1 aromatic heterocycles. The van der Waals surface area contributed by atoms with Gasteiger partial charge in [0.05, 0.1) is 11.3 Å². The SMILES string of the molecule is CCn1c(SCC(=O)O)nnc1-c1c(F)cccc1F. The number of rotatable bonds is 5. The van der Waals surface area contributed by atoms with E-state index in [1.807, 2.05) is 0 Å². The van der Waals surface area contributed by atoms with E-state index in [0.717, 1.165) is 23.9 Å². The summed E-state index contributed by atoms with van der Waals surface area (Å²) in [6, 6.07) is 3.54. The first-order valence-electron chi connectivity index (χ1n) is 5.76. The molecular weight excluding hydrogens is 288 g/mol. The Morgan fingerprint density at radius 1 is 1.35 bits per heavy atom. The normalized spacial score (nSPS) is 10.8. The molecule has 1 N–H and O–H groups in total. The Morgan fingerprint density at radius 3 is 2.55 bits per heavy atom. The second kappa shape index (κ2) is 6.00. The van der Waals surface area contributed by atoms with Gasteiger partial charge in [-0.1, -0.05) is 17.8 Å². The van der Waals surface area contributed by atoms with E-state index < -0.39 is 17.6 Å². The van der Waals surface area contributed by atoms with Crippen molar-refractivity contribution in [3.8, 4) is 11.4 Å². The molecule has 0 fully saturated rings. The third kappa shape index (κ3) is 2.79. The Labute approximate surface area is 117 Å². The van der Waals surface area contributed by atoms with Crippen LogP contribution in [0.2, 0.25) is 0 Å². The van der Waals surface area contributed by atoms with Crippen LogP contribution in [0.3, 0.4) is 0 Å². The highest BCUT2D eigenvalue weighted by Crippen LogP contribution is 2.27. The number of hydrogen-bond donors (Lipinski definition) is 1. The zero-order valence-electron chi connectivity index (χ0n) is 10.5. The number of aliphatic carboxylic acids is 1. The summed E-state index contributed by atoms with van der Waals surface area (Å²) >= 11 is 0.952. The molecule has 0 aliphatic rings. The van der Waals surface area contributed by atoms with E-state index in [0.29, 0.717) is 11.7 Å². The first-order valence-corrected chi connectivity index (χ1v) is 6.75. The van der Waals surface area contributed by atoms with Crippen LogP contribution in [0.5, 0.6) is 0 Å². The van der Waals surface area contributed by atoms with Crippen molar-refractivity contribution >= 4 is 17.7 Å². The third-order valence-electron chi connectivity index (χ3n) is 2.54. The summed E-state index contributed by atoms with van der Waals surface area (Å²) in [5, 5.41) is 16.5. The quantitative estimate of drug-likeness (QED) is 0.859. The summed E-state index contributed by atoms with van der Waals surface area (Å²) in [5.41, 5.74) is -0.260. The molecule has 20 heavy (non-hydrogen) atoms. The second-order valence-electron chi connectivity index (χ2n) is 3.83. The summed E-state index contributed by atoms with van der Waals surface area (Å²) in [5.74, 6) is -2.61. The highest BCUT2D eigenvalue weighted by molar-refractivity contribution is 7.99. The van der Waals surface area contributed by atoms with Gasteiger partial charge in [0, 0.05) is 6.54 Å². The largest absolute Gasteiger partial charge is 0.481 e. The van der Waals surface area contributed by atoms with Crippen LogP contribution in [-0.2, 0) is 11.3 Å². The minimum Gasteiger partial charge on any atom is -0.481 e. The van der Waals surface area contributed by atoms with Gasteiger partial charge in [-0.15, -0.1) is 10.2 Å². The fourth-order valence-electron chi connectivity index (χ4n) is 1.70. The zero-order valence-corrected chi connectivity index (χ0v) is 11.3. The average Bonchev–Trinajstić information content (AvgIpc) is 2.79. The minimum absolute atomic E-state index is 0.0518. The van der Waals surface area contributed by atoms with E-state index in [4.69, 9.17) is 5.11 Å². The summed E-state index contributed by atoms with van der Waals surface area (Å²) in [4.78, 5) is 10.6. The van der Waals surface area contributed by atoms with Crippen LogP contribution in [0.25, 0.3) is 11.4 Å². The number of hydrogen-bond acceptors (Lipinski definition) is 4. The molecule has 1 heterocycles. The number of carboxylic acid groups (broad SMARTS) is 1. The van der Waals surface area contributed by atoms with Crippen LogP contribution in [0.15, 0.2) is 23.4 Å². The molecule has 2 rings (SSSR count). The molecule has 0 aliphatic carbocycles. The van der Waals surface area contributed by atoms with Crippen molar-refractivity contribution in [2.45, 2.75) is 18.6 Å². The van der Waals surface area contributed by atoms with Crippen LogP contribution in [-0.4, -0.2) is 31.6 Å². The molecule has 0 atom stereocenters. The van der Waals surface area contributed by atoms with E-state index in [2.05, 4.69) is 10.2 Å². The van der Waals surface area contributed by atoms with Crippen molar-refractivity contribution in [1.82, 2.24) is 14.8 Å². The molecule has 0 amide bonds. The van der Waals surface area contributed by atoms with E-state index in [-0.39, 0.29) is 17.1 Å². The molecule has 106 valence electrons. The van der Waals surface area contributed by atoms with Crippen molar-refractivity contribution in [2.24, 2.45) is 0 Å². The summed E-state index contributed by atoms with van der Waals surface area (Å²) in [7, 11) is 0. The van der Waals surface area contributed by atoms with Gasteiger partial charge in [-0.25, -0.2) is 8.78 Å². The van der Waals surface area contributed by atoms with Crippen molar-refractivity contribution < 1.29 is 18.7 Å². The minimum atomic E-state index is -1.00. The molecule has 0 saturated carbocycles. The van der Waals surface area contributed by atoms with E-state index in [1.165, 1.54) is 10.6 Å². The lowest BCUT2D eigenvalue weighted by atomic mass is 10.2.